The summed E-state index contributed by atoms with van der Waals surface area (Å²) in [5, 5.41) is 14.7. The van der Waals surface area contributed by atoms with Crippen LogP contribution in [0.3, 0.4) is 0 Å². The van der Waals surface area contributed by atoms with Crippen LogP contribution in [0.25, 0.3) is 6.08 Å². The van der Waals surface area contributed by atoms with Gasteiger partial charge in [0.05, 0.1) is 0 Å². The summed E-state index contributed by atoms with van der Waals surface area (Å²) in [4.78, 5) is 34.3. The molecule has 0 bridgehead atoms. The van der Waals surface area contributed by atoms with E-state index in [1.807, 2.05) is 6.07 Å². The van der Waals surface area contributed by atoms with Crippen LogP contribution in [0.5, 0.6) is 5.75 Å². The number of aliphatic carboxylic acids is 1. The summed E-state index contributed by atoms with van der Waals surface area (Å²) in [6.07, 6.45) is 1.37. The molecule has 0 aliphatic rings. The zero-order valence-corrected chi connectivity index (χ0v) is 15.8. The van der Waals surface area contributed by atoms with Crippen LogP contribution in [-0.2, 0) is 11.4 Å². The lowest BCUT2D eigenvalue weighted by atomic mass is 10.1. The maximum Gasteiger partial charge on any atom is 0.352 e. The van der Waals surface area contributed by atoms with Crippen molar-refractivity contribution in [3.8, 4) is 5.75 Å². The topological polar surface area (TPSA) is 105 Å². The molecule has 3 aromatic rings. The second-order valence-electron chi connectivity index (χ2n) is 6.30. The molecule has 150 valence electrons. The van der Waals surface area contributed by atoms with E-state index in [0.717, 1.165) is 5.56 Å². The molecule has 0 aromatic heterocycles. The third-order valence-corrected chi connectivity index (χ3v) is 4.13. The van der Waals surface area contributed by atoms with E-state index in [9.17, 15) is 19.6 Å². The molecular weight excluding hydrogens is 384 g/mol. The van der Waals surface area contributed by atoms with Crippen molar-refractivity contribution in [3.63, 3.8) is 0 Å². The van der Waals surface area contributed by atoms with Gasteiger partial charge in [-0.05, 0) is 58.8 Å². The second-order valence-corrected chi connectivity index (χ2v) is 6.30. The Balaban J connectivity index is 1.67. The van der Waals surface area contributed by atoms with Gasteiger partial charge in [-0.1, -0.05) is 42.5 Å². The maximum absolute atomic E-state index is 12.2. The number of nitrogens with zero attached hydrogens (tertiary/aromatic N) is 1. The van der Waals surface area contributed by atoms with Crippen molar-refractivity contribution in [2.45, 2.75) is 6.61 Å². The minimum absolute atomic E-state index is 0.240. The lowest BCUT2D eigenvalue weighted by molar-refractivity contribution is -0.132. The highest BCUT2D eigenvalue weighted by atomic mass is 16.5. The third-order valence-electron chi connectivity index (χ3n) is 4.13. The van der Waals surface area contributed by atoms with Gasteiger partial charge in [0.1, 0.15) is 23.7 Å². The summed E-state index contributed by atoms with van der Waals surface area (Å²) in [6.45, 7) is 0.256. The molecule has 0 aliphatic carbocycles. The third kappa shape index (κ3) is 5.62. The Kier molecular flexibility index (Phi) is 6.68. The second kappa shape index (κ2) is 9.79. The smallest absolute Gasteiger partial charge is 0.352 e. The lowest BCUT2D eigenvalue weighted by Gasteiger charge is -2.08. The molecule has 0 saturated heterocycles. The molecule has 0 fully saturated rings. The van der Waals surface area contributed by atoms with Gasteiger partial charge in [0.2, 0.25) is 0 Å². The van der Waals surface area contributed by atoms with Gasteiger partial charge in [-0.15, -0.1) is 4.91 Å². The molecule has 0 heterocycles. The van der Waals surface area contributed by atoms with E-state index in [0.29, 0.717) is 22.6 Å². The number of rotatable bonds is 8. The summed E-state index contributed by atoms with van der Waals surface area (Å²) in [7, 11) is 0. The Labute approximate surface area is 172 Å². The molecule has 0 spiro atoms. The Morgan fingerprint density at radius 3 is 2.37 bits per heavy atom. The van der Waals surface area contributed by atoms with Crippen LogP contribution in [0.4, 0.5) is 5.69 Å². The summed E-state index contributed by atoms with van der Waals surface area (Å²) in [5.74, 6) is -1.18. The van der Waals surface area contributed by atoms with E-state index >= 15 is 0 Å². The Morgan fingerprint density at radius 2 is 1.70 bits per heavy atom. The molecule has 3 aromatic carbocycles. The Bertz CT molecular complexity index is 1080. The zero-order valence-electron chi connectivity index (χ0n) is 15.8. The first kappa shape index (κ1) is 20.5. The van der Waals surface area contributed by atoms with E-state index in [1.54, 1.807) is 72.8 Å². The number of nitrogens with one attached hydrogen (secondary N) is 1. The first-order valence-corrected chi connectivity index (χ1v) is 9.02. The molecule has 0 atom stereocenters. The highest BCUT2D eigenvalue weighted by molar-refractivity contribution is 6.02. The van der Waals surface area contributed by atoms with Crippen LogP contribution < -0.4 is 10.1 Å². The van der Waals surface area contributed by atoms with Crippen molar-refractivity contribution in [1.82, 2.24) is 5.32 Å². The predicted molar refractivity (Wildman–Crippen MR) is 112 cm³/mol. The van der Waals surface area contributed by atoms with Gasteiger partial charge in [0, 0.05) is 5.56 Å². The fraction of sp³-hybridized carbons (Fsp3) is 0.0435. The summed E-state index contributed by atoms with van der Waals surface area (Å²) >= 11 is 0. The highest BCUT2D eigenvalue weighted by Gasteiger charge is 2.13. The predicted octanol–water partition coefficient (Wildman–Crippen LogP) is 4.52. The van der Waals surface area contributed by atoms with Crippen LogP contribution in [0.2, 0.25) is 0 Å². The van der Waals surface area contributed by atoms with Crippen LogP contribution in [-0.4, -0.2) is 17.0 Å². The van der Waals surface area contributed by atoms with E-state index in [-0.39, 0.29) is 12.3 Å². The van der Waals surface area contributed by atoms with Crippen molar-refractivity contribution in [1.29, 1.82) is 0 Å². The van der Waals surface area contributed by atoms with E-state index in [1.165, 1.54) is 6.08 Å². The van der Waals surface area contributed by atoms with Crippen molar-refractivity contribution in [2.24, 2.45) is 5.18 Å². The molecule has 7 nitrogen and oxygen atoms in total. The Morgan fingerprint density at radius 1 is 0.967 bits per heavy atom. The number of benzene rings is 3. The van der Waals surface area contributed by atoms with Crippen LogP contribution in [0.15, 0.2) is 89.7 Å². The van der Waals surface area contributed by atoms with Gasteiger partial charge in [-0.2, -0.15) is 0 Å². The Hall–Kier alpha value is -4.26. The standard InChI is InChI=1S/C23H18N2O5/c26-22(18-6-2-1-3-7-18)24-21(23(27)28)14-16-9-11-20(12-10-16)30-15-17-5-4-8-19(13-17)25-29/h1-14H,15H2,(H,24,26)(H,27,28)/b21-14-. The van der Waals surface area contributed by atoms with Gasteiger partial charge < -0.3 is 15.2 Å². The van der Waals surface area contributed by atoms with Crippen LogP contribution in [0.1, 0.15) is 21.5 Å². The molecule has 30 heavy (non-hydrogen) atoms. The van der Waals surface area contributed by atoms with E-state index in [2.05, 4.69) is 10.5 Å². The number of carboxylic acid groups (broad SMARTS) is 1. The van der Waals surface area contributed by atoms with Crippen molar-refractivity contribution < 1.29 is 19.4 Å². The highest BCUT2D eigenvalue weighted by Crippen LogP contribution is 2.18. The van der Waals surface area contributed by atoms with E-state index < -0.39 is 11.9 Å². The molecule has 7 heteroatoms. The normalized spacial score (nSPS) is 10.9. The van der Waals surface area contributed by atoms with Gasteiger partial charge in [-0.3, -0.25) is 4.79 Å². The van der Waals surface area contributed by atoms with Gasteiger partial charge in [0.25, 0.3) is 5.91 Å². The number of hydrogen-bond acceptors (Lipinski definition) is 5. The first-order valence-electron chi connectivity index (χ1n) is 9.02. The fourth-order valence-corrected chi connectivity index (χ4v) is 2.63. The number of amides is 1. The van der Waals surface area contributed by atoms with Crippen molar-refractivity contribution >= 4 is 23.6 Å². The SMILES string of the molecule is O=Nc1cccc(COc2ccc(/C=C(\NC(=O)c3ccccc3)C(=O)O)cc2)c1. The summed E-state index contributed by atoms with van der Waals surface area (Å²) in [5.41, 5.74) is 1.83. The van der Waals surface area contributed by atoms with Crippen LogP contribution >= 0.6 is 0 Å². The van der Waals surface area contributed by atoms with Gasteiger partial charge >= 0.3 is 5.97 Å². The zero-order chi connectivity index (χ0) is 21.3. The molecule has 1 amide bonds. The minimum Gasteiger partial charge on any atom is -0.489 e. The number of carbonyl (C=O) groups excluding carboxylic acids is 1. The van der Waals surface area contributed by atoms with Crippen molar-refractivity contribution in [3.05, 3.63) is 106 Å². The average molecular weight is 402 g/mol. The lowest BCUT2D eigenvalue weighted by Crippen LogP contribution is -2.27. The number of nitroso groups, excluding NO2 is 1. The number of carboxylic acids is 1. The minimum atomic E-state index is -1.25. The van der Waals surface area contributed by atoms with Crippen molar-refractivity contribution in [2.75, 3.05) is 0 Å². The quantitative estimate of drug-likeness (QED) is 0.426. The molecule has 0 saturated carbocycles. The largest absolute Gasteiger partial charge is 0.489 e. The van der Waals surface area contributed by atoms with Gasteiger partial charge in [0.15, 0.2) is 0 Å². The first-order chi connectivity index (χ1) is 14.5. The number of hydrogen-bond donors (Lipinski definition) is 2. The monoisotopic (exact) mass is 402 g/mol. The van der Waals surface area contributed by atoms with Gasteiger partial charge in [-0.25, -0.2) is 4.79 Å². The van der Waals surface area contributed by atoms with E-state index in [4.69, 9.17) is 4.74 Å². The molecule has 0 aliphatic heterocycles. The maximum atomic E-state index is 12.2. The molecule has 0 radical (unpaired) electrons. The molecule has 3 rings (SSSR count). The fourth-order valence-electron chi connectivity index (χ4n) is 2.63. The molecular formula is C23H18N2O5. The van der Waals surface area contributed by atoms with Crippen LogP contribution in [0, 0.1) is 4.91 Å². The summed E-state index contributed by atoms with van der Waals surface area (Å²) < 4.78 is 5.67. The molecule has 0 unspecified atom stereocenters. The number of carbonyl (C=O) groups is 2. The number of ether oxygens (including phenoxy) is 1. The molecule has 2 N–H and O–H groups in total. The average Bonchev–Trinajstić information content (AvgIpc) is 2.78. The summed E-state index contributed by atoms with van der Waals surface area (Å²) in [6, 6.07) is 21.9.